The van der Waals surface area contributed by atoms with Gasteiger partial charge in [0.25, 0.3) is 0 Å². The van der Waals surface area contributed by atoms with Crippen LogP contribution in [-0.4, -0.2) is 11.0 Å². The molecule has 1 aromatic rings. The van der Waals surface area contributed by atoms with E-state index in [0.29, 0.717) is 0 Å². The van der Waals surface area contributed by atoms with Crippen LogP contribution in [0.2, 0.25) is 0 Å². The van der Waals surface area contributed by atoms with E-state index in [9.17, 15) is 8.78 Å². The van der Waals surface area contributed by atoms with Crippen LogP contribution in [0.5, 0.6) is 0 Å². The van der Waals surface area contributed by atoms with E-state index in [-0.39, 0.29) is 22.3 Å². The second-order valence-corrected chi connectivity index (χ2v) is 4.81. The van der Waals surface area contributed by atoms with E-state index in [2.05, 4.69) is 12.2 Å². The minimum absolute atomic E-state index is 0.0154. The first-order chi connectivity index (χ1) is 8.45. The van der Waals surface area contributed by atoms with Gasteiger partial charge in [0.2, 0.25) is 0 Å². The number of thiocarbonyl (C=S) groups is 1. The second kappa shape index (κ2) is 6.64. The smallest absolute Gasteiger partial charge is 0.150 e. The molecule has 3 N–H and O–H groups in total. The van der Waals surface area contributed by atoms with Crippen molar-refractivity contribution in [3.05, 3.63) is 29.3 Å². The van der Waals surface area contributed by atoms with Crippen LogP contribution in [-0.2, 0) is 0 Å². The van der Waals surface area contributed by atoms with Crippen molar-refractivity contribution in [3.8, 4) is 0 Å². The Morgan fingerprint density at radius 2 is 1.94 bits per heavy atom. The summed E-state index contributed by atoms with van der Waals surface area (Å²) < 4.78 is 27.5. The predicted octanol–water partition coefficient (Wildman–Crippen LogP) is 3.59. The third kappa shape index (κ3) is 3.91. The standard InChI is InChI=1S/C13H18F2N2S/c1-3-4-5-8(2)17-12-10(14)6-9(13(16)18)7-11(12)15/h6-8,17H,3-5H2,1-2H3,(H2,16,18). The number of hydrogen-bond acceptors (Lipinski definition) is 2. The van der Waals surface area contributed by atoms with Gasteiger partial charge in [0.15, 0.2) is 0 Å². The highest BCUT2D eigenvalue weighted by Gasteiger charge is 2.14. The molecule has 0 aromatic heterocycles. The number of anilines is 1. The SMILES string of the molecule is CCCCC(C)Nc1c(F)cc(C(N)=S)cc1F. The van der Waals surface area contributed by atoms with Crippen LogP contribution in [0.1, 0.15) is 38.7 Å². The fourth-order valence-corrected chi connectivity index (χ4v) is 1.80. The van der Waals surface area contributed by atoms with E-state index in [1.165, 1.54) is 0 Å². The van der Waals surface area contributed by atoms with E-state index in [1.807, 2.05) is 6.92 Å². The van der Waals surface area contributed by atoms with Crippen LogP contribution >= 0.6 is 12.2 Å². The average molecular weight is 272 g/mol. The van der Waals surface area contributed by atoms with E-state index in [0.717, 1.165) is 31.4 Å². The molecule has 0 radical (unpaired) electrons. The topological polar surface area (TPSA) is 38.0 Å². The molecule has 0 aliphatic carbocycles. The lowest BCUT2D eigenvalue weighted by Crippen LogP contribution is -2.18. The molecule has 1 atom stereocenters. The molecular weight excluding hydrogens is 254 g/mol. The van der Waals surface area contributed by atoms with Gasteiger partial charge in [0.1, 0.15) is 22.3 Å². The summed E-state index contributed by atoms with van der Waals surface area (Å²) in [5, 5.41) is 2.85. The van der Waals surface area contributed by atoms with E-state index in [1.54, 1.807) is 0 Å². The minimum Gasteiger partial charge on any atom is -0.389 e. The Morgan fingerprint density at radius 3 is 2.39 bits per heavy atom. The van der Waals surface area contributed by atoms with Crippen molar-refractivity contribution in [3.63, 3.8) is 0 Å². The lowest BCUT2D eigenvalue weighted by molar-refractivity contribution is 0.574. The van der Waals surface area contributed by atoms with E-state index in [4.69, 9.17) is 18.0 Å². The third-order valence-electron chi connectivity index (χ3n) is 2.71. The van der Waals surface area contributed by atoms with Gasteiger partial charge in [-0.05, 0) is 25.5 Å². The monoisotopic (exact) mass is 272 g/mol. The molecule has 1 unspecified atom stereocenters. The minimum atomic E-state index is -0.666. The number of nitrogens with one attached hydrogen (secondary N) is 1. The molecule has 1 rings (SSSR count). The molecule has 0 amide bonds. The van der Waals surface area contributed by atoms with E-state index < -0.39 is 11.6 Å². The summed E-state index contributed by atoms with van der Waals surface area (Å²) in [5.41, 5.74) is 5.43. The Bertz CT molecular complexity index is 412. The summed E-state index contributed by atoms with van der Waals surface area (Å²) in [6.07, 6.45) is 2.94. The van der Waals surface area contributed by atoms with Crippen molar-refractivity contribution in [2.75, 3.05) is 5.32 Å². The number of benzene rings is 1. The van der Waals surface area contributed by atoms with Gasteiger partial charge in [-0.25, -0.2) is 8.78 Å². The Kier molecular flexibility index (Phi) is 5.47. The molecule has 2 nitrogen and oxygen atoms in total. The molecular formula is C13H18F2N2S. The lowest BCUT2D eigenvalue weighted by atomic mass is 10.1. The lowest BCUT2D eigenvalue weighted by Gasteiger charge is -2.16. The molecule has 0 aliphatic rings. The van der Waals surface area contributed by atoms with Crippen LogP contribution in [0.3, 0.4) is 0 Å². The van der Waals surface area contributed by atoms with Crippen molar-refractivity contribution in [1.82, 2.24) is 0 Å². The number of nitrogens with two attached hydrogens (primary N) is 1. The molecule has 1 aromatic carbocycles. The average Bonchev–Trinajstić information content (AvgIpc) is 2.30. The van der Waals surface area contributed by atoms with Crippen LogP contribution in [0, 0.1) is 11.6 Å². The van der Waals surface area contributed by atoms with E-state index >= 15 is 0 Å². The quantitative estimate of drug-likeness (QED) is 0.777. The largest absolute Gasteiger partial charge is 0.389 e. The van der Waals surface area contributed by atoms with Crippen LogP contribution in [0.25, 0.3) is 0 Å². The highest BCUT2D eigenvalue weighted by Crippen LogP contribution is 2.22. The summed E-state index contributed by atoms with van der Waals surface area (Å²) in [6, 6.07) is 2.32. The van der Waals surface area contributed by atoms with Crippen molar-refractivity contribution in [2.24, 2.45) is 5.73 Å². The summed E-state index contributed by atoms with van der Waals surface area (Å²) >= 11 is 4.69. The molecule has 0 aliphatic heterocycles. The summed E-state index contributed by atoms with van der Waals surface area (Å²) in [5.74, 6) is -1.33. The number of unbranched alkanes of at least 4 members (excludes halogenated alkanes) is 1. The maximum Gasteiger partial charge on any atom is 0.150 e. The molecule has 0 saturated heterocycles. The Labute approximate surface area is 112 Å². The van der Waals surface area contributed by atoms with Crippen LogP contribution in [0.4, 0.5) is 14.5 Å². The molecule has 0 heterocycles. The Balaban J connectivity index is 2.86. The van der Waals surface area contributed by atoms with Crippen molar-refractivity contribution in [1.29, 1.82) is 0 Å². The normalized spacial score (nSPS) is 12.2. The van der Waals surface area contributed by atoms with Gasteiger partial charge in [-0.3, -0.25) is 0 Å². The van der Waals surface area contributed by atoms with Crippen molar-refractivity contribution < 1.29 is 8.78 Å². The summed E-state index contributed by atoms with van der Waals surface area (Å²) in [7, 11) is 0. The van der Waals surface area contributed by atoms with Gasteiger partial charge >= 0.3 is 0 Å². The van der Waals surface area contributed by atoms with Gasteiger partial charge < -0.3 is 11.1 Å². The molecule has 0 bridgehead atoms. The highest BCUT2D eigenvalue weighted by atomic mass is 32.1. The highest BCUT2D eigenvalue weighted by molar-refractivity contribution is 7.80. The van der Waals surface area contributed by atoms with Crippen LogP contribution < -0.4 is 11.1 Å². The van der Waals surface area contributed by atoms with Gasteiger partial charge in [-0.15, -0.1) is 0 Å². The zero-order chi connectivity index (χ0) is 13.7. The summed E-state index contributed by atoms with van der Waals surface area (Å²) in [6.45, 7) is 3.97. The Hall–Kier alpha value is -1.23. The number of rotatable bonds is 6. The molecule has 100 valence electrons. The zero-order valence-corrected chi connectivity index (χ0v) is 11.4. The second-order valence-electron chi connectivity index (χ2n) is 4.37. The van der Waals surface area contributed by atoms with Crippen molar-refractivity contribution >= 4 is 22.9 Å². The molecule has 0 spiro atoms. The number of halogens is 2. The molecule has 0 saturated carbocycles. The van der Waals surface area contributed by atoms with Crippen LogP contribution in [0.15, 0.2) is 12.1 Å². The van der Waals surface area contributed by atoms with Gasteiger partial charge in [0, 0.05) is 11.6 Å². The summed E-state index contributed by atoms with van der Waals surface area (Å²) in [4.78, 5) is -0.0154. The first-order valence-corrected chi connectivity index (χ1v) is 6.42. The first kappa shape index (κ1) is 14.8. The maximum absolute atomic E-state index is 13.7. The van der Waals surface area contributed by atoms with Gasteiger partial charge in [0.05, 0.1) is 0 Å². The fourth-order valence-electron chi connectivity index (χ4n) is 1.68. The Morgan fingerprint density at radius 1 is 1.39 bits per heavy atom. The van der Waals surface area contributed by atoms with Crippen molar-refractivity contribution in [2.45, 2.75) is 39.2 Å². The predicted molar refractivity (Wildman–Crippen MR) is 74.9 cm³/mol. The fraction of sp³-hybridized carbons (Fsp3) is 0.462. The van der Waals surface area contributed by atoms with Gasteiger partial charge in [-0.2, -0.15) is 0 Å². The molecule has 18 heavy (non-hydrogen) atoms. The third-order valence-corrected chi connectivity index (χ3v) is 2.94. The maximum atomic E-state index is 13.7. The molecule has 0 fully saturated rings. The van der Waals surface area contributed by atoms with Gasteiger partial charge in [-0.1, -0.05) is 32.0 Å². The molecule has 5 heteroatoms. The first-order valence-electron chi connectivity index (χ1n) is 6.01. The zero-order valence-electron chi connectivity index (χ0n) is 10.6. The number of hydrogen-bond donors (Lipinski definition) is 2.